The summed E-state index contributed by atoms with van der Waals surface area (Å²) in [7, 11) is 2.77. The van der Waals surface area contributed by atoms with E-state index >= 15 is 0 Å². The van der Waals surface area contributed by atoms with Crippen LogP contribution in [0.5, 0.6) is 17.2 Å². The molecule has 0 bridgehead atoms. The molecule has 3 N–H and O–H groups in total. The molecule has 1 aliphatic rings. The van der Waals surface area contributed by atoms with Gasteiger partial charge in [-0.15, -0.1) is 0 Å². The number of thioether (sulfide) groups is 1. The molecule has 1 atom stereocenters. The van der Waals surface area contributed by atoms with E-state index in [1.807, 2.05) is 0 Å². The molecule has 1 heterocycles. The van der Waals surface area contributed by atoms with Crippen molar-refractivity contribution in [3.8, 4) is 17.2 Å². The number of carbonyl (C=O) groups is 3. The summed E-state index contributed by atoms with van der Waals surface area (Å²) < 4.78 is 10.4. The van der Waals surface area contributed by atoms with E-state index < -0.39 is 30.4 Å². The summed E-state index contributed by atoms with van der Waals surface area (Å²) in [5.41, 5.74) is 0.523. The van der Waals surface area contributed by atoms with E-state index in [0.29, 0.717) is 5.56 Å². The number of methoxy groups -OCH3 is 2. The van der Waals surface area contributed by atoms with Crippen molar-refractivity contribution >= 4 is 52.2 Å². The van der Waals surface area contributed by atoms with Gasteiger partial charge in [-0.05, 0) is 30.7 Å². The van der Waals surface area contributed by atoms with Crippen molar-refractivity contribution in [2.75, 3.05) is 20.8 Å². The molecule has 0 aromatic heterocycles. The first kappa shape index (κ1) is 21.5. The second kappa shape index (κ2) is 8.93. The first-order valence-electron chi connectivity index (χ1n) is 7.91. The third kappa shape index (κ3) is 4.54. The second-order valence-corrected chi connectivity index (χ2v) is 7.29. The quantitative estimate of drug-likeness (QED) is 0.435. The third-order valence-electron chi connectivity index (χ3n) is 3.80. The zero-order chi connectivity index (χ0) is 21.0. The minimum Gasteiger partial charge on any atom is -0.502 e. The lowest BCUT2D eigenvalue weighted by atomic mass is 10.1. The van der Waals surface area contributed by atoms with Crippen LogP contribution in [-0.2, 0) is 14.4 Å². The van der Waals surface area contributed by atoms with Gasteiger partial charge in [-0.25, -0.2) is 0 Å². The molecule has 1 aromatic carbocycles. The molecule has 0 radical (unpaired) electrons. The van der Waals surface area contributed by atoms with E-state index in [9.17, 15) is 19.5 Å². The number of nitrogens with one attached hydrogen (secondary N) is 1. The number of carboxylic acids is 1. The SMILES string of the molecule is COc1cc(/C=C2\SC(=S)N(C(C)C(=O)NCC(=O)O)C2=O)cc(OC)c1O. The van der Waals surface area contributed by atoms with E-state index in [0.717, 1.165) is 16.7 Å². The average molecular weight is 426 g/mol. The first-order valence-corrected chi connectivity index (χ1v) is 9.13. The van der Waals surface area contributed by atoms with Gasteiger partial charge in [-0.1, -0.05) is 24.0 Å². The largest absolute Gasteiger partial charge is 0.502 e. The predicted octanol–water partition coefficient (Wildman–Crippen LogP) is 1.20. The molecule has 9 nitrogen and oxygen atoms in total. The number of nitrogens with zero attached hydrogens (tertiary/aromatic N) is 1. The van der Waals surface area contributed by atoms with Crippen LogP contribution in [0.15, 0.2) is 17.0 Å². The van der Waals surface area contributed by atoms with Gasteiger partial charge in [0.1, 0.15) is 16.9 Å². The van der Waals surface area contributed by atoms with Crippen molar-refractivity contribution in [1.82, 2.24) is 10.2 Å². The lowest BCUT2D eigenvalue weighted by molar-refractivity contribution is -0.139. The number of carbonyl (C=O) groups excluding carboxylic acids is 2. The van der Waals surface area contributed by atoms with Gasteiger partial charge >= 0.3 is 5.97 Å². The molecule has 11 heteroatoms. The smallest absolute Gasteiger partial charge is 0.322 e. The van der Waals surface area contributed by atoms with Gasteiger partial charge < -0.3 is 25.0 Å². The zero-order valence-corrected chi connectivity index (χ0v) is 16.8. The average Bonchev–Trinajstić information content (AvgIpc) is 2.93. The van der Waals surface area contributed by atoms with E-state index in [4.69, 9.17) is 26.8 Å². The molecule has 1 aromatic rings. The fourth-order valence-corrected chi connectivity index (χ4v) is 3.81. The number of rotatable bonds is 7. The molecule has 1 unspecified atom stereocenters. The minimum absolute atomic E-state index is 0.168. The fourth-order valence-electron chi connectivity index (χ4n) is 2.39. The maximum absolute atomic E-state index is 12.7. The highest BCUT2D eigenvalue weighted by Gasteiger charge is 2.38. The van der Waals surface area contributed by atoms with Gasteiger partial charge in [-0.3, -0.25) is 19.3 Å². The number of amides is 2. The Morgan fingerprint density at radius 3 is 2.39 bits per heavy atom. The van der Waals surface area contributed by atoms with Gasteiger partial charge in [0.15, 0.2) is 11.5 Å². The standard InChI is InChI=1S/C17H18N2O7S2/c1-8(15(23)18-7-13(20)21)19-16(24)12(28-17(19)27)6-9-4-10(25-2)14(22)11(5-9)26-3/h4-6,8,22H,7H2,1-3H3,(H,18,23)(H,20,21)/b12-6-. The number of ether oxygens (including phenoxy) is 2. The molecule has 150 valence electrons. The van der Waals surface area contributed by atoms with Gasteiger partial charge in [0.05, 0.1) is 19.1 Å². The Balaban J connectivity index is 2.28. The topological polar surface area (TPSA) is 125 Å². The lowest BCUT2D eigenvalue weighted by Gasteiger charge is -2.21. The number of hydrogen-bond donors (Lipinski definition) is 3. The highest BCUT2D eigenvalue weighted by atomic mass is 32.2. The summed E-state index contributed by atoms with van der Waals surface area (Å²) >= 11 is 6.21. The number of aromatic hydroxyl groups is 1. The first-order chi connectivity index (χ1) is 13.2. The minimum atomic E-state index is -1.19. The number of phenols is 1. The van der Waals surface area contributed by atoms with Crippen LogP contribution < -0.4 is 14.8 Å². The summed E-state index contributed by atoms with van der Waals surface area (Å²) in [4.78, 5) is 36.8. The molecule has 1 fully saturated rings. The number of thiocarbonyl (C=S) groups is 1. The molecule has 1 aliphatic heterocycles. The maximum Gasteiger partial charge on any atom is 0.322 e. The molecule has 1 saturated heterocycles. The van der Waals surface area contributed by atoms with Crippen LogP contribution in [0.3, 0.4) is 0 Å². The number of phenolic OH excluding ortho intramolecular Hbond substituents is 1. The Kier molecular flexibility index (Phi) is 6.86. The van der Waals surface area contributed by atoms with Crippen molar-refractivity contribution in [1.29, 1.82) is 0 Å². The summed E-state index contributed by atoms with van der Waals surface area (Å²) in [5, 5.41) is 20.8. The highest BCUT2D eigenvalue weighted by Crippen LogP contribution is 2.39. The Labute approximate surface area is 170 Å². The number of benzene rings is 1. The van der Waals surface area contributed by atoms with Crippen molar-refractivity contribution in [3.05, 3.63) is 22.6 Å². The normalized spacial score (nSPS) is 16.2. The van der Waals surface area contributed by atoms with Crippen LogP contribution in [0.1, 0.15) is 12.5 Å². The highest BCUT2D eigenvalue weighted by molar-refractivity contribution is 8.26. The molecular formula is C17H18N2O7S2. The molecular weight excluding hydrogens is 408 g/mol. The van der Waals surface area contributed by atoms with Crippen LogP contribution in [-0.4, -0.2) is 64.0 Å². The number of carboxylic acid groups (broad SMARTS) is 1. The third-order valence-corrected chi connectivity index (χ3v) is 5.13. The Morgan fingerprint density at radius 2 is 1.89 bits per heavy atom. The van der Waals surface area contributed by atoms with Crippen LogP contribution in [0, 0.1) is 0 Å². The van der Waals surface area contributed by atoms with Crippen LogP contribution in [0.2, 0.25) is 0 Å². The number of hydrogen-bond acceptors (Lipinski definition) is 8. The predicted molar refractivity (Wildman–Crippen MR) is 106 cm³/mol. The van der Waals surface area contributed by atoms with Crippen molar-refractivity contribution in [2.45, 2.75) is 13.0 Å². The Bertz CT molecular complexity index is 844. The van der Waals surface area contributed by atoms with Crippen LogP contribution in [0.4, 0.5) is 0 Å². The van der Waals surface area contributed by atoms with Crippen LogP contribution >= 0.6 is 24.0 Å². The van der Waals surface area contributed by atoms with Crippen LogP contribution in [0.25, 0.3) is 6.08 Å². The molecule has 2 amide bonds. The zero-order valence-electron chi connectivity index (χ0n) is 15.2. The Hall–Kier alpha value is -2.79. The maximum atomic E-state index is 12.7. The summed E-state index contributed by atoms with van der Waals surface area (Å²) in [6.45, 7) is 0.901. The second-order valence-electron chi connectivity index (χ2n) is 5.61. The van der Waals surface area contributed by atoms with E-state index in [1.54, 1.807) is 0 Å². The van der Waals surface area contributed by atoms with Gasteiger partial charge in [-0.2, -0.15) is 0 Å². The van der Waals surface area contributed by atoms with Gasteiger partial charge in [0.25, 0.3) is 5.91 Å². The van der Waals surface area contributed by atoms with E-state index in [-0.39, 0.29) is 26.5 Å². The van der Waals surface area contributed by atoms with Crippen molar-refractivity contribution < 1.29 is 34.1 Å². The van der Waals surface area contributed by atoms with Gasteiger partial charge in [0, 0.05) is 0 Å². The summed E-state index contributed by atoms with van der Waals surface area (Å²) in [5.74, 6) is -2.14. The summed E-state index contributed by atoms with van der Waals surface area (Å²) in [6, 6.07) is 2.07. The van der Waals surface area contributed by atoms with Gasteiger partial charge in [0.2, 0.25) is 11.7 Å². The lowest BCUT2D eigenvalue weighted by Crippen LogP contribution is -2.48. The molecule has 0 spiro atoms. The molecule has 0 saturated carbocycles. The summed E-state index contributed by atoms with van der Waals surface area (Å²) in [6.07, 6.45) is 1.53. The Morgan fingerprint density at radius 1 is 1.32 bits per heavy atom. The molecule has 2 rings (SSSR count). The molecule has 0 aliphatic carbocycles. The van der Waals surface area contributed by atoms with E-state index in [1.165, 1.54) is 39.4 Å². The van der Waals surface area contributed by atoms with Crippen molar-refractivity contribution in [3.63, 3.8) is 0 Å². The van der Waals surface area contributed by atoms with E-state index in [2.05, 4.69) is 5.32 Å². The van der Waals surface area contributed by atoms with Crippen molar-refractivity contribution in [2.24, 2.45) is 0 Å². The molecule has 28 heavy (non-hydrogen) atoms. The number of aliphatic carboxylic acids is 1. The monoisotopic (exact) mass is 426 g/mol. The fraction of sp³-hybridized carbons (Fsp3) is 0.294.